The van der Waals surface area contributed by atoms with Crippen LogP contribution < -0.4 is 0 Å². The lowest BCUT2D eigenvalue weighted by Crippen LogP contribution is -2.16. The summed E-state index contributed by atoms with van der Waals surface area (Å²) in [6.45, 7) is 4.43. The van der Waals surface area contributed by atoms with Gasteiger partial charge in [0, 0.05) is 12.8 Å². The lowest BCUT2D eigenvalue weighted by molar-refractivity contribution is -0.147. The van der Waals surface area contributed by atoms with Crippen molar-refractivity contribution >= 4 is 11.9 Å². The molecule has 4 nitrogen and oxygen atoms in total. The molecule has 0 aliphatic carbocycles. The van der Waals surface area contributed by atoms with Gasteiger partial charge in [0.25, 0.3) is 0 Å². The second-order valence-corrected chi connectivity index (χ2v) is 14.2. The molecule has 4 heteroatoms. The first-order valence-electron chi connectivity index (χ1n) is 21.0. The normalized spacial score (nSPS) is 12.5. The molecule has 1 atom stereocenters. The third-order valence-corrected chi connectivity index (χ3v) is 9.36. The number of carboxylic acid groups (broad SMARTS) is 1. The minimum Gasteiger partial charge on any atom is -0.481 e. The van der Waals surface area contributed by atoms with Gasteiger partial charge in [-0.05, 0) is 51.0 Å². The molecule has 0 aliphatic heterocycles. The number of carbonyl (C=O) groups is 2. The highest BCUT2D eigenvalue weighted by atomic mass is 16.5. The van der Waals surface area contributed by atoms with Gasteiger partial charge in [-0.15, -0.1) is 0 Å². The predicted octanol–water partition coefficient (Wildman–Crippen LogP) is 14.6. The fraction of sp³-hybridized carbons (Fsp3) is 0.818. The molecule has 0 aromatic rings. The molecular formula is C44H80O4. The number of hydrogen-bond acceptors (Lipinski definition) is 3. The van der Waals surface area contributed by atoms with E-state index in [2.05, 4.69) is 44.2 Å². The molecule has 0 bridgehead atoms. The maximum Gasteiger partial charge on any atom is 0.306 e. The Kier molecular flexibility index (Phi) is 38.1. The second kappa shape index (κ2) is 39.6. The van der Waals surface area contributed by atoms with Crippen LogP contribution in [0.2, 0.25) is 0 Å². The number of unbranched alkanes of at least 4 members (excludes halogenated alkanes) is 25. The Morgan fingerprint density at radius 2 is 0.854 bits per heavy atom. The third kappa shape index (κ3) is 38.6. The standard InChI is InChI=1S/C44H80O4/c1-3-5-7-9-11-13-14-15-16-17-18-19-20-21-22-23-24-25-26-27-29-31-37-41-44(47)48-42(39-35-32-33-36-40-43(45)46)38-34-30-28-12-10-8-6-4-2/h6,8,12,28,34,38,42H,3-5,7,9-11,13-27,29-33,35-37,39-41H2,1-2H3,(H,45,46)/b8-6-,28-12-,38-34-. The summed E-state index contributed by atoms with van der Waals surface area (Å²) in [7, 11) is 0. The first kappa shape index (κ1) is 46.2. The maximum atomic E-state index is 12.6. The van der Waals surface area contributed by atoms with Crippen LogP contribution in [-0.4, -0.2) is 23.1 Å². The lowest BCUT2D eigenvalue weighted by atomic mass is 10.0. The quantitative estimate of drug-likeness (QED) is 0.0403. The predicted molar refractivity (Wildman–Crippen MR) is 209 cm³/mol. The highest BCUT2D eigenvalue weighted by Crippen LogP contribution is 2.17. The van der Waals surface area contributed by atoms with E-state index in [0.29, 0.717) is 12.8 Å². The summed E-state index contributed by atoms with van der Waals surface area (Å²) in [5.41, 5.74) is 0. The number of hydrogen-bond donors (Lipinski definition) is 1. The minimum atomic E-state index is -0.728. The van der Waals surface area contributed by atoms with Gasteiger partial charge >= 0.3 is 11.9 Å². The molecule has 0 rings (SSSR count). The van der Waals surface area contributed by atoms with Gasteiger partial charge in [0.1, 0.15) is 6.10 Å². The molecule has 1 N–H and O–H groups in total. The van der Waals surface area contributed by atoms with Crippen LogP contribution in [0.25, 0.3) is 0 Å². The Balaban J connectivity index is 3.78. The van der Waals surface area contributed by atoms with E-state index in [9.17, 15) is 9.59 Å². The van der Waals surface area contributed by atoms with Crippen LogP contribution in [0.5, 0.6) is 0 Å². The van der Waals surface area contributed by atoms with Gasteiger partial charge in [0.15, 0.2) is 0 Å². The van der Waals surface area contributed by atoms with Crippen LogP contribution in [0.15, 0.2) is 36.5 Å². The van der Waals surface area contributed by atoms with Crippen LogP contribution in [0.4, 0.5) is 0 Å². The highest BCUT2D eigenvalue weighted by molar-refractivity contribution is 5.69. The molecule has 0 saturated heterocycles. The van der Waals surface area contributed by atoms with E-state index in [4.69, 9.17) is 9.84 Å². The van der Waals surface area contributed by atoms with Gasteiger partial charge in [0.2, 0.25) is 0 Å². The van der Waals surface area contributed by atoms with Crippen molar-refractivity contribution in [1.29, 1.82) is 0 Å². The Morgan fingerprint density at radius 1 is 0.479 bits per heavy atom. The molecule has 0 amide bonds. The first-order valence-corrected chi connectivity index (χ1v) is 21.0. The smallest absolute Gasteiger partial charge is 0.306 e. The van der Waals surface area contributed by atoms with Gasteiger partial charge in [-0.3, -0.25) is 9.59 Å². The van der Waals surface area contributed by atoms with Crippen molar-refractivity contribution in [1.82, 2.24) is 0 Å². The average molecular weight is 673 g/mol. The molecule has 0 heterocycles. The van der Waals surface area contributed by atoms with E-state index < -0.39 is 5.97 Å². The molecule has 0 aliphatic rings. The van der Waals surface area contributed by atoms with Crippen molar-refractivity contribution in [2.75, 3.05) is 0 Å². The Bertz CT molecular complexity index is 768. The summed E-state index contributed by atoms with van der Waals surface area (Å²) in [6.07, 6.45) is 52.1. The Labute approximate surface area is 299 Å². The molecule has 0 saturated carbocycles. The molecule has 0 aromatic carbocycles. The third-order valence-electron chi connectivity index (χ3n) is 9.36. The second-order valence-electron chi connectivity index (χ2n) is 14.2. The van der Waals surface area contributed by atoms with Crippen molar-refractivity contribution in [3.8, 4) is 0 Å². The van der Waals surface area contributed by atoms with Crippen molar-refractivity contribution in [3.05, 3.63) is 36.5 Å². The number of ether oxygens (including phenoxy) is 1. The maximum absolute atomic E-state index is 12.6. The van der Waals surface area contributed by atoms with Gasteiger partial charge in [0.05, 0.1) is 0 Å². The largest absolute Gasteiger partial charge is 0.481 e. The minimum absolute atomic E-state index is 0.0840. The molecule has 0 radical (unpaired) electrons. The van der Waals surface area contributed by atoms with E-state index in [1.54, 1.807) is 0 Å². The summed E-state index contributed by atoms with van der Waals surface area (Å²) >= 11 is 0. The van der Waals surface area contributed by atoms with Crippen molar-refractivity contribution < 1.29 is 19.4 Å². The van der Waals surface area contributed by atoms with Gasteiger partial charge in [-0.1, -0.05) is 198 Å². The monoisotopic (exact) mass is 673 g/mol. The molecule has 48 heavy (non-hydrogen) atoms. The SMILES string of the molecule is CC/C=C\C/C=C\C/C=C\C(CCCCCCC(=O)O)OC(=O)CCCCCCCCCCCCCCCCCCCCCCCCC. The number of esters is 1. The van der Waals surface area contributed by atoms with E-state index in [1.807, 2.05) is 6.08 Å². The zero-order valence-corrected chi connectivity index (χ0v) is 32.0. The molecular weight excluding hydrogens is 592 g/mol. The van der Waals surface area contributed by atoms with Gasteiger partial charge in [-0.25, -0.2) is 0 Å². The van der Waals surface area contributed by atoms with Crippen LogP contribution >= 0.6 is 0 Å². The zero-order chi connectivity index (χ0) is 35.0. The van der Waals surface area contributed by atoms with Crippen LogP contribution in [0.3, 0.4) is 0 Å². The van der Waals surface area contributed by atoms with Crippen LogP contribution in [-0.2, 0) is 14.3 Å². The van der Waals surface area contributed by atoms with Crippen LogP contribution in [0, 0.1) is 0 Å². The lowest BCUT2D eigenvalue weighted by Gasteiger charge is -2.14. The molecule has 0 spiro atoms. The summed E-state index contributed by atoms with van der Waals surface area (Å²) in [4.78, 5) is 23.3. The summed E-state index contributed by atoms with van der Waals surface area (Å²) in [5.74, 6) is -0.812. The van der Waals surface area contributed by atoms with Crippen molar-refractivity contribution in [2.45, 2.75) is 232 Å². The van der Waals surface area contributed by atoms with Gasteiger partial charge < -0.3 is 9.84 Å². The number of carbonyl (C=O) groups excluding carboxylic acids is 1. The topological polar surface area (TPSA) is 63.6 Å². The number of carboxylic acids is 1. The molecule has 280 valence electrons. The summed E-state index contributed by atoms with van der Waals surface area (Å²) in [6, 6.07) is 0. The van der Waals surface area contributed by atoms with E-state index >= 15 is 0 Å². The number of allylic oxidation sites excluding steroid dienone is 5. The summed E-state index contributed by atoms with van der Waals surface area (Å²) in [5, 5.41) is 8.82. The highest BCUT2D eigenvalue weighted by Gasteiger charge is 2.11. The fourth-order valence-corrected chi connectivity index (χ4v) is 6.30. The van der Waals surface area contributed by atoms with E-state index in [1.165, 1.54) is 135 Å². The van der Waals surface area contributed by atoms with Crippen LogP contribution in [0.1, 0.15) is 226 Å². The Morgan fingerprint density at radius 3 is 1.29 bits per heavy atom. The van der Waals surface area contributed by atoms with Gasteiger partial charge in [-0.2, -0.15) is 0 Å². The molecule has 1 unspecified atom stereocenters. The first-order chi connectivity index (χ1) is 23.6. The zero-order valence-electron chi connectivity index (χ0n) is 32.0. The van der Waals surface area contributed by atoms with Crippen molar-refractivity contribution in [3.63, 3.8) is 0 Å². The fourth-order valence-electron chi connectivity index (χ4n) is 6.30. The summed E-state index contributed by atoms with van der Waals surface area (Å²) < 4.78 is 5.85. The molecule has 0 aromatic heterocycles. The average Bonchev–Trinajstić information content (AvgIpc) is 3.07. The Hall–Kier alpha value is -1.84. The van der Waals surface area contributed by atoms with E-state index in [0.717, 1.165) is 57.8 Å². The number of aliphatic carboxylic acids is 1. The van der Waals surface area contributed by atoms with E-state index in [-0.39, 0.29) is 18.5 Å². The van der Waals surface area contributed by atoms with Crippen molar-refractivity contribution in [2.24, 2.45) is 0 Å². The number of rotatable bonds is 38. The molecule has 0 fully saturated rings.